The van der Waals surface area contributed by atoms with Crippen LogP contribution in [0.5, 0.6) is 0 Å². The van der Waals surface area contributed by atoms with Crippen molar-refractivity contribution in [1.82, 2.24) is 4.90 Å². The number of ether oxygens (including phenoxy) is 1. The van der Waals surface area contributed by atoms with Crippen molar-refractivity contribution in [2.75, 3.05) is 26.7 Å². The number of likely N-dealkylation sites (N-methyl/N-ethyl adjacent to an activating group) is 1. The van der Waals surface area contributed by atoms with Crippen LogP contribution in [-0.4, -0.2) is 43.2 Å². The third-order valence-corrected chi connectivity index (χ3v) is 2.19. The van der Waals surface area contributed by atoms with Gasteiger partial charge in [-0.1, -0.05) is 13.8 Å². The van der Waals surface area contributed by atoms with Crippen LogP contribution < -0.4 is 5.73 Å². The van der Waals surface area contributed by atoms with Gasteiger partial charge in [-0.15, -0.1) is 0 Å². The van der Waals surface area contributed by atoms with E-state index in [1.807, 2.05) is 0 Å². The molecule has 0 rings (SSSR count). The number of hydrogen-bond donors (Lipinski definition) is 1. The van der Waals surface area contributed by atoms with E-state index >= 15 is 0 Å². The summed E-state index contributed by atoms with van der Waals surface area (Å²) < 4.78 is 4.65. The van der Waals surface area contributed by atoms with Crippen LogP contribution in [0, 0.1) is 0 Å². The fourth-order valence-corrected chi connectivity index (χ4v) is 1.43. The monoisotopic (exact) mass is 202 g/mol. The van der Waals surface area contributed by atoms with Gasteiger partial charge in [-0.05, 0) is 26.4 Å². The Bertz CT molecular complexity index is 181. The van der Waals surface area contributed by atoms with Gasteiger partial charge in [-0.25, -0.2) is 0 Å². The number of hydrogen-bond acceptors (Lipinski definition) is 4. The summed E-state index contributed by atoms with van der Waals surface area (Å²) in [5.41, 5.74) is 4.96. The van der Waals surface area contributed by atoms with Crippen LogP contribution in [0.4, 0.5) is 0 Å². The highest BCUT2D eigenvalue weighted by molar-refractivity contribution is 5.80. The Labute approximate surface area is 86.4 Å². The van der Waals surface area contributed by atoms with Crippen LogP contribution in [0.25, 0.3) is 0 Å². The molecule has 0 heterocycles. The van der Waals surface area contributed by atoms with Gasteiger partial charge in [0.1, 0.15) is 5.54 Å². The quantitative estimate of drug-likeness (QED) is 0.641. The van der Waals surface area contributed by atoms with Crippen molar-refractivity contribution >= 4 is 5.97 Å². The second-order valence-electron chi connectivity index (χ2n) is 3.78. The summed E-state index contributed by atoms with van der Waals surface area (Å²) in [6.45, 7) is 8.27. The van der Waals surface area contributed by atoms with Crippen LogP contribution >= 0.6 is 0 Å². The number of rotatable bonds is 6. The molecule has 14 heavy (non-hydrogen) atoms. The maximum absolute atomic E-state index is 11.3. The molecule has 0 aromatic heterocycles. The molecular weight excluding hydrogens is 180 g/mol. The van der Waals surface area contributed by atoms with E-state index in [1.54, 1.807) is 6.92 Å². The second-order valence-corrected chi connectivity index (χ2v) is 3.78. The zero-order valence-corrected chi connectivity index (χ0v) is 9.67. The van der Waals surface area contributed by atoms with Crippen molar-refractivity contribution in [1.29, 1.82) is 0 Å². The van der Waals surface area contributed by atoms with Gasteiger partial charge in [0, 0.05) is 6.54 Å². The van der Waals surface area contributed by atoms with Crippen molar-refractivity contribution in [3.05, 3.63) is 0 Å². The highest BCUT2D eigenvalue weighted by Gasteiger charge is 2.31. The molecule has 4 heteroatoms. The lowest BCUT2D eigenvalue weighted by atomic mass is 10.0. The first-order chi connectivity index (χ1) is 6.47. The number of carbonyl (C=O) groups is 1. The molecule has 2 N–H and O–H groups in total. The second kappa shape index (κ2) is 5.98. The smallest absolute Gasteiger partial charge is 0.326 e. The summed E-state index contributed by atoms with van der Waals surface area (Å²) >= 11 is 0. The highest BCUT2D eigenvalue weighted by atomic mass is 16.5. The van der Waals surface area contributed by atoms with E-state index in [-0.39, 0.29) is 5.97 Å². The summed E-state index contributed by atoms with van der Waals surface area (Å²) in [6, 6.07) is 0. The summed E-state index contributed by atoms with van der Waals surface area (Å²) in [5, 5.41) is 0. The topological polar surface area (TPSA) is 55.6 Å². The van der Waals surface area contributed by atoms with Crippen LogP contribution in [0.15, 0.2) is 0 Å². The summed E-state index contributed by atoms with van der Waals surface area (Å²) in [7, 11) is 1.36. The largest absolute Gasteiger partial charge is 0.468 e. The lowest BCUT2D eigenvalue weighted by Gasteiger charge is -2.29. The molecule has 0 aromatic carbocycles. The Morgan fingerprint density at radius 3 is 2.43 bits per heavy atom. The third-order valence-electron chi connectivity index (χ3n) is 2.19. The number of carbonyl (C=O) groups excluding carboxylic acids is 1. The average Bonchev–Trinajstić information content (AvgIpc) is 2.15. The lowest BCUT2D eigenvalue weighted by Crippen LogP contribution is -2.54. The van der Waals surface area contributed by atoms with Gasteiger partial charge in [0.15, 0.2) is 0 Å². The normalized spacial score (nSPS) is 15.3. The van der Waals surface area contributed by atoms with Gasteiger partial charge in [0.05, 0.1) is 7.11 Å². The number of methoxy groups -OCH3 is 1. The highest BCUT2D eigenvalue weighted by Crippen LogP contribution is 2.05. The molecule has 0 saturated heterocycles. The molecule has 0 aliphatic heterocycles. The van der Waals surface area contributed by atoms with Crippen molar-refractivity contribution in [2.24, 2.45) is 5.73 Å². The number of nitrogens with two attached hydrogens (primary N) is 1. The van der Waals surface area contributed by atoms with E-state index in [9.17, 15) is 4.79 Å². The van der Waals surface area contributed by atoms with Gasteiger partial charge in [0.25, 0.3) is 0 Å². The minimum absolute atomic E-state index is 0.355. The van der Waals surface area contributed by atoms with E-state index in [0.717, 1.165) is 19.5 Å². The average molecular weight is 202 g/mol. The van der Waals surface area contributed by atoms with Crippen molar-refractivity contribution in [3.8, 4) is 0 Å². The van der Waals surface area contributed by atoms with E-state index < -0.39 is 5.54 Å². The third kappa shape index (κ3) is 4.07. The van der Waals surface area contributed by atoms with Crippen LogP contribution in [0.3, 0.4) is 0 Å². The number of nitrogens with zero attached hydrogens (tertiary/aromatic N) is 1. The van der Waals surface area contributed by atoms with Crippen LogP contribution in [-0.2, 0) is 9.53 Å². The molecule has 0 radical (unpaired) electrons. The maximum Gasteiger partial charge on any atom is 0.326 e. The molecule has 1 atom stereocenters. The minimum atomic E-state index is -0.903. The first-order valence-corrected chi connectivity index (χ1v) is 5.07. The molecule has 1 unspecified atom stereocenters. The Hall–Kier alpha value is -0.610. The summed E-state index contributed by atoms with van der Waals surface area (Å²) in [5.74, 6) is -0.355. The minimum Gasteiger partial charge on any atom is -0.468 e. The van der Waals surface area contributed by atoms with Crippen LogP contribution in [0.2, 0.25) is 0 Å². The van der Waals surface area contributed by atoms with E-state index in [4.69, 9.17) is 5.73 Å². The zero-order valence-electron chi connectivity index (χ0n) is 9.67. The van der Waals surface area contributed by atoms with E-state index in [0.29, 0.717) is 6.54 Å². The zero-order chi connectivity index (χ0) is 11.2. The lowest BCUT2D eigenvalue weighted by molar-refractivity contribution is -0.147. The molecule has 0 spiro atoms. The SMILES string of the molecule is CCCN(CC)CC(C)(N)C(=O)OC. The van der Waals surface area contributed by atoms with Gasteiger partial charge in [-0.2, -0.15) is 0 Å². The van der Waals surface area contributed by atoms with E-state index in [1.165, 1.54) is 7.11 Å². The molecule has 0 aromatic rings. The van der Waals surface area contributed by atoms with Gasteiger partial charge < -0.3 is 15.4 Å². The first-order valence-electron chi connectivity index (χ1n) is 5.07. The molecule has 84 valence electrons. The van der Waals surface area contributed by atoms with E-state index in [2.05, 4.69) is 23.5 Å². The predicted octanol–water partition coefficient (Wildman–Crippen LogP) is 0.609. The van der Waals surface area contributed by atoms with Crippen LogP contribution in [0.1, 0.15) is 27.2 Å². The van der Waals surface area contributed by atoms with Crippen molar-refractivity contribution in [2.45, 2.75) is 32.7 Å². The number of esters is 1. The molecule has 0 fully saturated rings. The molecule has 4 nitrogen and oxygen atoms in total. The summed E-state index contributed by atoms with van der Waals surface area (Å²) in [6.07, 6.45) is 1.06. The fraction of sp³-hybridized carbons (Fsp3) is 0.900. The van der Waals surface area contributed by atoms with Gasteiger partial charge in [-0.3, -0.25) is 4.79 Å². The molecule has 0 aliphatic carbocycles. The predicted molar refractivity (Wildman–Crippen MR) is 57.0 cm³/mol. The standard InChI is InChI=1S/C10H22N2O2/c1-5-7-12(6-2)8-10(3,11)9(13)14-4/h5-8,11H2,1-4H3. The molecular formula is C10H22N2O2. The Morgan fingerprint density at radius 2 is 2.07 bits per heavy atom. The Kier molecular flexibility index (Phi) is 5.72. The fourth-order valence-electron chi connectivity index (χ4n) is 1.43. The molecule has 0 saturated carbocycles. The molecule has 0 bridgehead atoms. The van der Waals surface area contributed by atoms with Gasteiger partial charge in [0.2, 0.25) is 0 Å². The van der Waals surface area contributed by atoms with Crippen molar-refractivity contribution < 1.29 is 9.53 Å². The maximum atomic E-state index is 11.3. The molecule has 0 aliphatic rings. The first kappa shape index (κ1) is 13.4. The van der Waals surface area contributed by atoms with Crippen molar-refractivity contribution in [3.63, 3.8) is 0 Å². The summed E-state index contributed by atoms with van der Waals surface area (Å²) in [4.78, 5) is 13.5. The Morgan fingerprint density at radius 1 is 1.50 bits per heavy atom. The molecule has 0 amide bonds. The Balaban J connectivity index is 4.23. The van der Waals surface area contributed by atoms with Gasteiger partial charge >= 0.3 is 5.97 Å².